The lowest BCUT2D eigenvalue weighted by Gasteiger charge is -2.46. The first-order valence-electron chi connectivity index (χ1n) is 23.8. The van der Waals surface area contributed by atoms with E-state index in [1.807, 2.05) is 0 Å². The van der Waals surface area contributed by atoms with Crippen LogP contribution in [-0.2, 0) is 25.7 Å². The van der Waals surface area contributed by atoms with Gasteiger partial charge in [0.05, 0.1) is 0 Å². The first kappa shape index (κ1) is 36.0. The Morgan fingerprint density at radius 2 is 0.708 bits per heavy atom. The van der Waals surface area contributed by atoms with E-state index in [-0.39, 0.29) is 6.71 Å². The standard InChI is InChI=1S/C62H45BN2/c1-36-42-24-11-14-38(42)32-56-61(36)64(40-28-30-52-48-20-5-3-16-44(48)46-18-7-9-22-50(46)54(52)34-40)58-26-13-27-59-60(58)63(56)57-33-39-15-12-25-43(39)37(2)62(57)65(59)41-29-31-53-49-21-6-4-17-45(49)47-19-8-10-23-51(47)55(53)35-41/h3-10,13,16-23,26-35H,11-12,14-15,24-25H2,1-2H3. The van der Waals surface area contributed by atoms with Crippen LogP contribution in [0.3, 0.4) is 0 Å². The molecule has 15 rings (SSSR count). The molecule has 11 aromatic carbocycles. The van der Waals surface area contributed by atoms with Crippen LogP contribution in [0.5, 0.6) is 0 Å². The van der Waals surface area contributed by atoms with Gasteiger partial charge in [-0.2, -0.15) is 0 Å². The van der Waals surface area contributed by atoms with Gasteiger partial charge in [-0.1, -0.05) is 127 Å². The van der Waals surface area contributed by atoms with E-state index in [4.69, 9.17) is 0 Å². The molecule has 0 saturated heterocycles. The highest BCUT2D eigenvalue weighted by Crippen LogP contribution is 2.50. The van der Waals surface area contributed by atoms with Crippen LogP contribution in [0.2, 0.25) is 0 Å². The van der Waals surface area contributed by atoms with Crippen molar-refractivity contribution in [1.29, 1.82) is 0 Å². The van der Waals surface area contributed by atoms with Crippen LogP contribution in [0.15, 0.2) is 164 Å². The number of fused-ring (bicyclic) bond motifs is 18. The maximum Gasteiger partial charge on any atom is 0.252 e. The minimum atomic E-state index is 0.114. The third-order valence-electron chi connectivity index (χ3n) is 16.2. The number of hydrogen-bond donors (Lipinski definition) is 0. The first-order valence-corrected chi connectivity index (χ1v) is 23.8. The summed E-state index contributed by atoms with van der Waals surface area (Å²) < 4.78 is 0. The monoisotopic (exact) mass is 828 g/mol. The summed E-state index contributed by atoms with van der Waals surface area (Å²) in [5, 5.41) is 15.7. The van der Waals surface area contributed by atoms with Crippen molar-refractivity contribution in [1.82, 2.24) is 0 Å². The van der Waals surface area contributed by atoms with Crippen molar-refractivity contribution in [2.45, 2.75) is 52.4 Å². The third kappa shape index (κ3) is 4.75. The Kier molecular flexibility index (Phi) is 7.27. The molecule has 2 heterocycles. The maximum atomic E-state index is 2.67. The summed E-state index contributed by atoms with van der Waals surface area (Å²) in [6.07, 6.45) is 7.05. The summed E-state index contributed by atoms with van der Waals surface area (Å²) >= 11 is 0. The molecule has 3 heteroatoms. The van der Waals surface area contributed by atoms with E-state index in [0.717, 1.165) is 25.7 Å². The zero-order chi connectivity index (χ0) is 42.7. The fourth-order valence-corrected chi connectivity index (χ4v) is 13.5. The van der Waals surface area contributed by atoms with Gasteiger partial charge < -0.3 is 9.80 Å². The van der Waals surface area contributed by atoms with Gasteiger partial charge in [0.15, 0.2) is 0 Å². The number of rotatable bonds is 2. The van der Waals surface area contributed by atoms with E-state index in [9.17, 15) is 0 Å². The Morgan fingerprint density at radius 3 is 1.09 bits per heavy atom. The molecule has 0 bridgehead atoms. The van der Waals surface area contributed by atoms with Gasteiger partial charge in [-0.3, -0.25) is 0 Å². The topological polar surface area (TPSA) is 6.48 Å². The number of benzene rings is 11. The highest BCUT2D eigenvalue weighted by Gasteiger charge is 2.46. The second-order valence-electron chi connectivity index (χ2n) is 19.3. The molecule has 4 aliphatic rings. The van der Waals surface area contributed by atoms with Crippen molar-refractivity contribution >= 4 is 122 Å². The molecule has 0 fully saturated rings. The van der Waals surface area contributed by atoms with E-state index in [2.05, 4.69) is 187 Å². The van der Waals surface area contributed by atoms with Crippen LogP contribution < -0.4 is 26.2 Å². The van der Waals surface area contributed by atoms with Crippen LogP contribution in [-0.4, -0.2) is 6.71 Å². The van der Waals surface area contributed by atoms with Gasteiger partial charge >= 0.3 is 0 Å². The minimum absolute atomic E-state index is 0.114. The smallest absolute Gasteiger partial charge is 0.252 e. The predicted molar refractivity (Wildman–Crippen MR) is 279 cm³/mol. The van der Waals surface area contributed by atoms with Crippen LogP contribution in [0.25, 0.3) is 64.6 Å². The fourth-order valence-electron chi connectivity index (χ4n) is 13.5. The molecule has 11 aromatic rings. The Bertz CT molecular complexity index is 3630. The molecule has 0 amide bonds. The minimum Gasteiger partial charge on any atom is -0.311 e. The molecule has 0 radical (unpaired) electrons. The van der Waals surface area contributed by atoms with E-state index in [1.165, 1.54) is 139 Å². The SMILES string of the molecule is Cc1c2c(cc3c1N(c1ccc4c5ccccc5c5ccccc5c4c1)c1cccc4c1B3c1cc3c(c(C)c1N4c1ccc4c5ccccc5c5ccccc5c4c1)CCC3)CCC2. The van der Waals surface area contributed by atoms with Gasteiger partial charge in [0.1, 0.15) is 0 Å². The van der Waals surface area contributed by atoms with Crippen molar-refractivity contribution in [3.05, 3.63) is 197 Å². The molecule has 2 aliphatic carbocycles. The molecule has 0 N–H and O–H groups in total. The summed E-state index contributed by atoms with van der Waals surface area (Å²) in [5.74, 6) is 0. The fraction of sp³-hybridized carbons (Fsp3) is 0.129. The largest absolute Gasteiger partial charge is 0.311 e. The highest BCUT2D eigenvalue weighted by molar-refractivity contribution is 7.00. The maximum absolute atomic E-state index is 2.67. The lowest BCUT2D eigenvalue weighted by molar-refractivity contribution is 0.909. The quantitative estimate of drug-likeness (QED) is 0.127. The van der Waals surface area contributed by atoms with Crippen molar-refractivity contribution in [2.24, 2.45) is 0 Å². The van der Waals surface area contributed by atoms with Crippen LogP contribution in [0, 0.1) is 13.8 Å². The first-order chi connectivity index (χ1) is 32.1. The van der Waals surface area contributed by atoms with E-state index in [0.29, 0.717) is 0 Å². The van der Waals surface area contributed by atoms with Gasteiger partial charge in [-0.15, -0.1) is 0 Å². The van der Waals surface area contributed by atoms with Crippen molar-refractivity contribution in [3.8, 4) is 0 Å². The van der Waals surface area contributed by atoms with Crippen molar-refractivity contribution in [3.63, 3.8) is 0 Å². The lowest BCUT2D eigenvalue weighted by atomic mass is 9.33. The number of aryl methyl sites for hydroxylation is 2. The molecular formula is C62H45BN2. The Labute approximate surface area is 379 Å². The molecule has 0 aromatic heterocycles. The van der Waals surface area contributed by atoms with E-state index in [1.54, 1.807) is 22.3 Å². The molecule has 65 heavy (non-hydrogen) atoms. The third-order valence-corrected chi connectivity index (χ3v) is 16.2. The normalized spacial score (nSPS) is 14.8. The molecule has 0 unspecified atom stereocenters. The molecule has 2 aliphatic heterocycles. The number of anilines is 6. The Morgan fingerprint density at radius 1 is 0.354 bits per heavy atom. The van der Waals surface area contributed by atoms with Gasteiger partial charge in [0, 0.05) is 34.1 Å². The summed E-state index contributed by atoms with van der Waals surface area (Å²) in [6, 6.07) is 63.0. The summed E-state index contributed by atoms with van der Waals surface area (Å²) in [7, 11) is 0. The lowest BCUT2D eigenvalue weighted by Crippen LogP contribution is -2.62. The van der Waals surface area contributed by atoms with Gasteiger partial charge in [-0.25, -0.2) is 0 Å². The average Bonchev–Trinajstić information content (AvgIpc) is 4.05. The van der Waals surface area contributed by atoms with E-state index >= 15 is 0 Å². The molecule has 306 valence electrons. The van der Waals surface area contributed by atoms with Crippen LogP contribution in [0.1, 0.15) is 46.2 Å². The molecule has 0 spiro atoms. The summed E-state index contributed by atoms with van der Waals surface area (Å²) in [4.78, 5) is 5.34. The second-order valence-corrected chi connectivity index (χ2v) is 19.3. The Hall–Kier alpha value is -7.36. The van der Waals surface area contributed by atoms with Crippen LogP contribution in [0.4, 0.5) is 34.1 Å². The number of nitrogens with zero attached hydrogens (tertiary/aromatic N) is 2. The molecule has 0 saturated carbocycles. The van der Waals surface area contributed by atoms with Crippen molar-refractivity contribution < 1.29 is 0 Å². The molecular weight excluding hydrogens is 784 g/mol. The molecule has 0 atom stereocenters. The average molecular weight is 829 g/mol. The molecule has 2 nitrogen and oxygen atoms in total. The predicted octanol–water partition coefficient (Wildman–Crippen LogP) is 14.3. The van der Waals surface area contributed by atoms with Gasteiger partial charge in [0.2, 0.25) is 0 Å². The zero-order valence-corrected chi connectivity index (χ0v) is 36.8. The summed E-state index contributed by atoms with van der Waals surface area (Å²) in [6.45, 7) is 4.98. The number of hydrogen-bond acceptors (Lipinski definition) is 2. The zero-order valence-electron chi connectivity index (χ0n) is 36.8. The van der Waals surface area contributed by atoms with Crippen molar-refractivity contribution in [2.75, 3.05) is 9.80 Å². The highest BCUT2D eigenvalue weighted by atomic mass is 15.2. The van der Waals surface area contributed by atoms with Gasteiger partial charge in [0.25, 0.3) is 6.71 Å². The Balaban J connectivity index is 1.04. The van der Waals surface area contributed by atoms with E-state index < -0.39 is 0 Å². The van der Waals surface area contributed by atoms with Crippen LogP contribution >= 0.6 is 0 Å². The van der Waals surface area contributed by atoms with Gasteiger partial charge in [-0.05, 0) is 203 Å². The summed E-state index contributed by atoms with van der Waals surface area (Å²) in [5.41, 5.74) is 21.2. The second kappa shape index (κ2) is 13.1.